The molecular formula is C9H9N3. The van der Waals surface area contributed by atoms with Gasteiger partial charge in [-0.05, 0) is 24.6 Å². The number of aromatic nitrogens is 2. The van der Waals surface area contributed by atoms with E-state index in [-0.39, 0.29) is 0 Å². The molecule has 0 aliphatic rings. The van der Waals surface area contributed by atoms with Crippen molar-refractivity contribution >= 4 is 16.7 Å². The Balaban J connectivity index is 2.86. The number of nitrogen functional groups attached to an aromatic ring is 1. The minimum atomic E-state index is 0.653. The van der Waals surface area contributed by atoms with Gasteiger partial charge >= 0.3 is 0 Å². The first kappa shape index (κ1) is 7.03. The van der Waals surface area contributed by atoms with E-state index in [1.165, 1.54) is 0 Å². The predicted octanol–water partition coefficient (Wildman–Crippen LogP) is 1.52. The van der Waals surface area contributed by atoms with Gasteiger partial charge in [-0.3, -0.25) is 9.97 Å². The normalized spacial score (nSPS) is 10.4. The molecule has 2 rings (SSSR count). The summed E-state index contributed by atoms with van der Waals surface area (Å²) in [6.45, 7) is 2.01. The van der Waals surface area contributed by atoms with E-state index in [2.05, 4.69) is 9.97 Å². The van der Waals surface area contributed by atoms with Gasteiger partial charge in [0, 0.05) is 6.20 Å². The number of rotatable bonds is 0. The first-order valence-electron chi connectivity index (χ1n) is 3.74. The van der Waals surface area contributed by atoms with E-state index in [1.54, 1.807) is 12.4 Å². The van der Waals surface area contributed by atoms with Gasteiger partial charge in [0.2, 0.25) is 0 Å². The van der Waals surface area contributed by atoms with Crippen molar-refractivity contribution in [1.29, 1.82) is 0 Å². The fourth-order valence-corrected chi connectivity index (χ4v) is 1.18. The molecular weight excluding hydrogens is 150 g/mol. The Kier molecular flexibility index (Phi) is 1.43. The van der Waals surface area contributed by atoms with Crippen LogP contribution in [-0.4, -0.2) is 9.97 Å². The molecule has 3 nitrogen and oxygen atoms in total. The average Bonchev–Trinajstić information content (AvgIpc) is 2.04. The molecule has 0 spiro atoms. The quantitative estimate of drug-likeness (QED) is 0.634. The molecule has 0 radical (unpaired) electrons. The van der Waals surface area contributed by atoms with Crippen molar-refractivity contribution in [2.45, 2.75) is 6.92 Å². The van der Waals surface area contributed by atoms with Gasteiger partial charge in [-0.1, -0.05) is 0 Å². The van der Waals surface area contributed by atoms with Crippen molar-refractivity contribution in [3.63, 3.8) is 0 Å². The highest BCUT2D eigenvalue weighted by Crippen LogP contribution is 2.14. The number of hydrogen-bond acceptors (Lipinski definition) is 3. The fraction of sp³-hybridized carbons (Fsp3) is 0.111. The van der Waals surface area contributed by atoms with Crippen LogP contribution in [0.1, 0.15) is 5.56 Å². The first-order chi connectivity index (χ1) is 5.77. The van der Waals surface area contributed by atoms with Gasteiger partial charge < -0.3 is 5.73 Å². The topological polar surface area (TPSA) is 51.8 Å². The Morgan fingerprint density at radius 2 is 2.17 bits per heavy atom. The molecule has 0 saturated heterocycles. The molecule has 12 heavy (non-hydrogen) atoms. The van der Waals surface area contributed by atoms with Crippen molar-refractivity contribution < 1.29 is 0 Å². The van der Waals surface area contributed by atoms with E-state index >= 15 is 0 Å². The van der Waals surface area contributed by atoms with Crippen molar-refractivity contribution in [3.8, 4) is 0 Å². The third-order valence-corrected chi connectivity index (χ3v) is 1.80. The van der Waals surface area contributed by atoms with Gasteiger partial charge in [0.1, 0.15) is 0 Å². The zero-order valence-corrected chi connectivity index (χ0v) is 6.78. The zero-order valence-electron chi connectivity index (χ0n) is 6.78. The summed E-state index contributed by atoms with van der Waals surface area (Å²) in [6, 6.07) is 3.76. The molecule has 2 aromatic heterocycles. The van der Waals surface area contributed by atoms with Crippen LogP contribution in [0.15, 0.2) is 24.5 Å². The SMILES string of the molecule is Cc1ccnc2cc(N)cnc12. The summed E-state index contributed by atoms with van der Waals surface area (Å²) in [4.78, 5) is 8.35. The molecule has 2 N–H and O–H groups in total. The highest BCUT2D eigenvalue weighted by atomic mass is 14.8. The molecule has 60 valence electrons. The van der Waals surface area contributed by atoms with Crippen LogP contribution in [0.25, 0.3) is 11.0 Å². The maximum Gasteiger partial charge on any atom is 0.0917 e. The molecule has 0 aliphatic carbocycles. The molecule has 0 bridgehead atoms. The predicted molar refractivity (Wildman–Crippen MR) is 48.7 cm³/mol. The van der Waals surface area contributed by atoms with Crippen LogP contribution >= 0.6 is 0 Å². The Labute approximate surface area is 70.3 Å². The second-order valence-electron chi connectivity index (χ2n) is 2.76. The van der Waals surface area contributed by atoms with E-state index < -0.39 is 0 Å². The van der Waals surface area contributed by atoms with Crippen LogP contribution in [0, 0.1) is 6.92 Å². The zero-order chi connectivity index (χ0) is 8.55. The molecule has 0 aromatic carbocycles. The number of nitrogens with two attached hydrogens (primary N) is 1. The molecule has 0 saturated carbocycles. The molecule has 0 aliphatic heterocycles. The van der Waals surface area contributed by atoms with E-state index in [0.29, 0.717) is 5.69 Å². The summed E-state index contributed by atoms with van der Waals surface area (Å²) in [7, 11) is 0. The number of aryl methyl sites for hydroxylation is 1. The lowest BCUT2D eigenvalue weighted by Crippen LogP contribution is -1.90. The summed E-state index contributed by atoms with van der Waals surface area (Å²) in [5.41, 5.74) is 9.13. The van der Waals surface area contributed by atoms with Gasteiger partial charge in [0.25, 0.3) is 0 Å². The summed E-state index contributed by atoms with van der Waals surface area (Å²) in [6.07, 6.45) is 3.41. The lowest BCUT2D eigenvalue weighted by atomic mass is 10.2. The number of fused-ring (bicyclic) bond motifs is 1. The molecule has 2 aromatic rings. The third-order valence-electron chi connectivity index (χ3n) is 1.80. The number of anilines is 1. The number of nitrogens with zero attached hydrogens (tertiary/aromatic N) is 2. The molecule has 0 unspecified atom stereocenters. The van der Waals surface area contributed by atoms with Crippen LogP contribution in [0.4, 0.5) is 5.69 Å². The minimum absolute atomic E-state index is 0.653. The number of pyridine rings is 2. The van der Waals surface area contributed by atoms with E-state index in [1.807, 2.05) is 19.1 Å². The van der Waals surface area contributed by atoms with Gasteiger partial charge in [0.05, 0.1) is 22.9 Å². The van der Waals surface area contributed by atoms with Crippen LogP contribution in [-0.2, 0) is 0 Å². The Hall–Kier alpha value is -1.64. The summed E-state index contributed by atoms with van der Waals surface area (Å²) in [5, 5.41) is 0. The Morgan fingerprint density at radius 3 is 3.00 bits per heavy atom. The lowest BCUT2D eigenvalue weighted by Gasteiger charge is -1.99. The van der Waals surface area contributed by atoms with E-state index in [4.69, 9.17) is 5.73 Å². The minimum Gasteiger partial charge on any atom is -0.397 e. The van der Waals surface area contributed by atoms with Crippen LogP contribution < -0.4 is 5.73 Å². The van der Waals surface area contributed by atoms with Crippen molar-refractivity contribution in [3.05, 3.63) is 30.1 Å². The van der Waals surface area contributed by atoms with E-state index in [9.17, 15) is 0 Å². The molecule has 3 heteroatoms. The first-order valence-corrected chi connectivity index (χ1v) is 3.74. The molecule has 0 fully saturated rings. The van der Waals surface area contributed by atoms with Gasteiger partial charge in [0.15, 0.2) is 0 Å². The second-order valence-corrected chi connectivity index (χ2v) is 2.76. The van der Waals surface area contributed by atoms with Gasteiger partial charge in [-0.15, -0.1) is 0 Å². The largest absolute Gasteiger partial charge is 0.397 e. The second kappa shape index (κ2) is 2.44. The smallest absolute Gasteiger partial charge is 0.0917 e. The number of hydrogen-bond donors (Lipinski definition) is 1. The highest BCUT2D eigenvalue weighted by molar-refractivity contribution is 5.79. The monoisotopic (exact) mass is 159 g/mol. The maximum absolute atomic E-state index is 5.57. The van der Waals surface area contributed by atoms with E-state index in [0.717, 1.165) is 16.6 Å². The summed E-state index contributed by atoms with van der Waals surface area (Å²) < 4.78 is 0. The van der Waals surface area contributed by atoms with Crippen LogP contribution in [0.2, 0.25) is 0 Å². The van der Waals surface area contributed by atoms with Crippen molar-refractivity contribution in [1.82, 2.24) is 9.97 Å². The summed E-state index contributed by atoms with van der Waals surface area (Å²) in [5.74, 6) is 0. The lowest BCUT2D eigenvalue weighted by molar-refractivity contribution is 1.30. The van der Waals surface area contributed by atoms with Crippen LogP contribution in [0.5, 0.6) is 0 Å². The van der Waals surface area contributed by atoms with Gasteiger partial charge in [-0.2, -0.15) is 0 Å². The fourth-order valence-electron chi connectivity index (χ4n) is 1.18. The molecule has 0 amide bonds. The average molecular weight is 159 g/mol. The third kappa shape index (κ3) is 0.993. The van der Waals surface area contributed by atoms with Gasteiger partial charge in [-0.25, -0.2) is 0 Å². The molecule has 0 atom stereocenters. The van der Waals surface area contributed by atoms with Crippen molar-refractivity contribution in [2.75, 3.05) is 5.73 Å². The molecule has 2 heterocycles. The van der Waals surface area contributed by atoms with Crippen molar-refractivity contribution in [2.24, 2.45) is 0 Å². The highest BCUT2D eigenvalue weighted by Gasteiger charge is 1.98. The summed E-state index contributed by atoms with van der Waals surface area (Å²) >= 11 is 0. The standard InChI is InChI=1S/C9H9N3/c1-6-2-3-11-8-4-7(10)5-12-9(6)8/h2-5H,10H2,1H3. The van der Waals surface area contributed by atoms with Crippen LogP contribution in [0.3, 0.4) is 0 Å². The maximum atomic E-state index is 5.57. The Morgan fingerprint density at radius 1 is 1.33 bits per heavy atom. The Bertz CT molecular complexity index is 423.